The number of hydrogen-bond donors (Lipinski definition) is 0. The normalized spacial score (nSPS) is 15.3. The van der Waals surface area contributed by atoms with Crippen LogP contribution in [0.1, 0.15) is 40.2 Å². The van der Waals surface area contributed by atoms with Gasteiger partial charge in [-0.05, 0) is 49.7 Å². The van der Waals surface area contributed by atoms with Crippen LogP contribution in [0, 0.1) is 6.92 Å². The number of nitrogens with zero attached hydrogens (tertiary/aromatic N) is 2. The van der Waals surface area contributed by atoms with Crippen LogP contribution in [0.2, 0.25) is 0 Å². The van der Waals surface area contributed by atoms with E-state index in [9.17, 15) is 9.59 Å². The SMILES string of the molecule is CCOc1ccc2nc(N3C(=O)c4oc5ccc(C)cc5c(=O)c4[C@H]3c3ccccc3)sc2c1. The Morgan fingerprint density at radius 2 is 1.88 bits per heavy atom. The number of rotatable bonds is 4. The van der Waals surface area contributed by atoms with Crippen LogP contribution in [0.3, 0.4) is 0 Å². The van der Waals surface area contributed by atoms with Gasteiger partial charge in [0.2, 0.25) is 5.76 Å². The van der Waals surface area contributed by atoms with E-state index in [1.54, 1.807) is 11.0 Å². The minimum Gasteiger partial charge on any atom is -0.494 e. The molecule has 6 rings (SSSR count). The molecular formula is C27H20N2O4S. The fourth-order valence-corrected chi connectivity index (χ4v) is 5.51. The molecule has 0 saturated heterocycles. The summed E-state index contributed by atoms with van der Waals surface area (Å²) >= 11 is 1.39. The zero-order valence-electron chi connectivity index (χ0n) is 18.6. The first-order valence-corrected chi connectivity index (χ1v) is 11.9. The van der Waals surface area contributed by atoms with Crippen molar-refractivity contribution in [2.75, 3.05) is 11.5 Å². The summed E-state index contributed by atoms with van der Waals surface area (Å²) in [6.45, 7) is 4.42. The van der Waals surface area contributed by atoms with Crippen molar-refractivity contribution in [2.24, 2.45) is 0 Å². The summed E-state index contributed by atoms with van der Waals surface area (Å²) < 4.78 is 12.6. The van der Waals surface area contributed by atoms with Gasteiger partial charge in [-0.25, -0.2) is 4.98 Å². The first-order chi connectivity index (χ1) is 16.5. The van der Waals surface area contributed by atoms with E-state index in [0.29, 0.717) is 28.3 Å². The molecule has 0 aliphatic carbocycles. The topological polar surface area (TPSA) is 72.6 Å². The molecule has 0 bridgehead atoms. The van der Waals surface area contributed by atoms with Gasteiger partial charge in [0, 0.05) is 0 Å². The first kappa shape index (κ1) is 20.6. The van der Waals surface area contributed by atoms with Crippen LogP contribution in [0.25, 0.3) is 21.2 Å². The number of fused-ring (bicyclic) bond motifs is 3. The van der Waals surface area contributed by atoms with Crippen molar-refractivity contribution in [3.05, 3.63) is 99.4 Å². The fraction of sp³-hybridized carbons (Fsp3) is 0.148. The van der Waals surface area contributed by atoms with E-state index < -0.39 is 6.04 Å². The van der Waals surface area contributed by atoms with Crippen molar-refractivity contribution in [1.29, 1.82) is 0 Å². The summed E-state index contributed by atoms with van der Waals surface area (Å²) in [5.74, 6) is 0.455. The van der Waals surface area contributed by atoms with Gasteiger partial charge in [0.15, 0.2) is 10.6 Å². The highest BCUT2D eigenvalue weighted by Gasteiger charge is 2.45. The fourth-order valence-electron chi connectivity index (χ4n) is 4.49. The maximum atomic E-state index is 13.7. The molecular weight excluding hydrogens is 448 g/mol. The summed E-state index contributed by atoms with van der Waals surface area (Å²) in [5, 5.41) is 0.980. The van der Waals surface area contributed by atoms with E-state index in [-0.39, 0.29) is 17.1 Å². The number of amides is 1. The number of anilines is 1. The highest BCUT2D eigenvalue weighted by Crippen LogP contribution is 2.44. The van der Waals surface area contributed by atoms with E-state index >= 15 is 0 Å². The van der Waals surface area contributed by atoms with Gasteiger partial charge in [0.25, 0.3) is 5.91 Å². The number of benzene rings is 3. The third-order valence-corrected chi connectivity index (χ3v) is 7.02. The lowest BCUT2D eigenvalue weighted by Gasteiger charge is -2.22. The molecule has 3 heterocycles. The van der Waals surface area contributed by atoms with E-state index in [0.717, 1.165) is 27.1 Å². The molecule has 7 heteroatoms. The van der Waals surface area contributed by atoms with Crippen molar-refractivity contribution < 1.29 is 13.9 Å². The van der Waals surface area contributed by atoms with Crippen molar-refractivity contribution in [3.8, 4) is 5.75 Å². The molecule has 0 spiro atoms. The predicted octanol–water partition coefficient (Wildman–Crippen LogP) is 5.86. The number of carbonyl (C=O) groups is 1. The number of thiazole rings is 1. The van der Waals surface area contributed by atoms with Gasteiger partial charge >= 0.3 is 0 Å². The average Bonchev–Trinajstić information content (AvgIpc) is 3.39. The van der Waals surface area contributed by atoms with Crippen molar-refractivity contribution >= 4 is 43.6 Å². The Morgan fingerprint density at radius 3 is 2.68 bits per heavy atom. The molecule has 1 atom stereocenters. The molecule has 6 nitrogen and oxygen atoms in total. The van der Waals surface area contributed by atoms with Gasteiger partial charge in [-0.1, -0.05) is 53.3 Å². The summed E-state index contributed by atoms with van der Waals surface area (Å²) in [4.78, 5) is 33.7. The molecule has 168 valence electrons. The van der Waals surface area contributed by atoms with Crippen LogP contribution in [-0.2, 0) is 0 Å². The molecule has 3 aromatic carbocycles. The lowest BCUT2D eigenvalue weighted by atomic mass is 9.98. The van der Waals surface area contributed by atoms with Crippen LogP contribution in [-0.4, -0.2) is 17.5 Å². The Hall–Kier alpha value is -3.97. The van der Waals surface area contributed by atoms with Gasteiger partial charge in [-0.15, -0.1) is 0 Å². The van der Waals surface area contributed by atoms with Gasteiger partial charge in [0.1, 0.15) is 11.3 Å². The first-order valence-electron chi connectivity index (χ1n) is 11.0. The second-order valence-electron chi connectivity index (χ2n) is 8.22. The zero-order valence-corrected chi connectivity index (χ0v) is 19.4. The van der Waals surface area contributed by atoms with Gasteiger partial charge in [-0.2, -0.15) is 0 Å². The molecule has 0 unspecified atom stereocenters. The highest BCUT2D eigenvalue weighted by molar-refractivity contribution is 7.22. The number of hydrogen-bond acceptors (Lipinski definition) is 6. The van der Waals surface area contributed by atoms with Crippen molar-refractivity contribution in [2.45, 2.75) is 19.9 Å². The molecule has 2 aromatic heterocycles. The maximum absolute atomic E-state index is 13.7. The molecule has 5 aromatic rings. The van der Waals surface area contributed by atoms with Gasteiger partial charge in [0.05, 0.1) is 33.8 Å². The summed E-state index contributed by atoms with van der Waals surface area (Å²) in [6.07, 6.45) is 0. The zero-order chi connectivity index (χ0) is 23.4. The minimum absolute atomic E-state index is 0.0736. The molecule has 0 saturated carbocycles. The van der Waals surface area contributed by atoms with E-state index in [1.165, 1.54) is 11.3 Å². The number of ether oxygens (including phenoxy) is 1. The Bertz CT molecular complexity index is 1640. The summed E-state index contributed by atoms with van der Waals surface area (Å²) in [7, 11) is 0. The van der Waals surface area contributed by atoms with Crippen LogP contribution < -0.4 is 15.1 Å². The standard InChI is InChI=1S/C27H20N2O4S/c1-3-32-17-10-11-19-21(14-17)34-27(28-19)29-23(16-7-5-4-6-8-16)22-24(30)18-13-15(2)9-12-20(18)33-25(22)26(29)31/h4-14,23H,3H2,1-2H3/t23-/m1/s1. The molecule has 0 radical (unpaired) electrons. The number of aromatic nitrogens is 1. The number of aryl methyl sites for hydroxylation is 1. The quantitative estimate of drug-likeness (QED) is 0.330. The van der Waals surface area contributed by atoms with E-state index in [4.69, 9.17) is 14.1 Å². The van der Waals surface area contributed by atoms with Crippen molar-refractivity contribution in [3.63, 3.8) is 0 Å². The van der Waals surface area contributed by atoms with Crippen LogP contribution in [0.15, 0.2) is 75.9 Å². The monoisotopic (exact) mass is 468 g/mol. The molecule has 1 aliphatic rings. The van der Waals surface area contributed by atoms with Crippen LogP contribution >= 0.6 is 11.3 Å². The smallest absolute Gasteiger partial charge is 0.297 e. The van der Waals surface area contributed by atoms with Crippen LogP contribution in [0.5, 0.6) is 5.75 Å². The number of carbonyl (C=O) groups excluding carboxylic acids is 1. The van der Waals surface area contributed by atoms with Crippen LogP contribution in [0.4, 0.5) is 5.13 Å². The Morgan fingerprint density at radius 1 is 1.06 bits per heavy atom. The molecule has 0 fully saturated rings. The third-order valence-electron chi connectivity index (χ3n) is 6.01. The van der Waals surface area contributed by atoms with Crippen molar-refractivity contribution in [1.82, 2.24) is 4.98 Å². The van der Waals surface area contributed by atoms with E-state index in [1.807, 2.05) is 74.5 Å². The van der Waals surface area contributed by atoms with E-state index in [2.05, 4.69) is 0 Å². The summed E-state index contributed by atoms with van der Waals surface area (Å²) in [6, 6.07) is 20.0. The lowest BCUT2D eigenvalue weighted by molar-refractivity contribution is 0.0971. The maximum Gasteiger partial charge on any atom is 0.297 e. The Balaban J connectivity index is 1.59. The second-order valence-corrected chi connectivity index (χ2v) is 9.23. The van der Waals surface area contributed by atoms with Gasteiger partial charge < -0.3 is 9.15 Å². The third kappa shape index (κ3) is 3.12. The molecule has 34 heavy (non-hydrogen) atoms. The highest BCUT2D eigenvalue weighted by atomic mass is 32.1. The predicted molar refractivity (Wildman–Crippen MR) is 133 cm³/mol. The second kappa shape index (κ2) is 7.81. The lowest BCUT2D eigenvalue weighted by Crippen LogP contribution is -2.29. The Labute approximate surface area is 199 Å². The molecule has 1 amide bonds. The largest absolute Gasteiger partial charge is 0.494 e. The summed E-state index contributed by atoms with van der Waals surface area (Å²) in [5.41, 5.74) is 3.10. The molecule has 1 aliphatic heterocycles. The van der Waals surface area contributed by atoms with Gasteiger partial charge in [-0.3, -0.25) is 14.5 Å². The minimum atomic E-state index is -0.628. The Kier molecular flexibility index (Phi) is 4.74. The molecule has 0 N–H and O–H groups in total. The average molecular weight is 469 g/mol.